The summed E-state index contributed by atoms with van der Waals surface area (Å²) in [5.74, 6) is 0.320. The Bertz CT molecular complexity index is 1470. The normalized spacial score (nSPS) is 13.3. The Morgan fingerprint density at radius 2 is 1.31 bits per heavy atom. The summed E-state index contributed by atoms with van der Waals surface area (Å²) in [4.78, 5) is 2.40. The van der Waals surface area contributed by atoms with Crippen LogP contribution in [0, 0.1) is 0 Å². The van der Waals surface area contributed by atoms with E-state index in [4.69, 9.17) is 11.6 Å². The van der Waals surface area contributed by atoms with Crippen molar-refractivity contribution in [2.75, 3.05) is 11.9 Å². The largest absolute Gasteiger partial charge is 0.371 e. The van der Waals surface area contributed by atoms with Crippen molar-refractivity contribution in [3.63, 3.8) is 0 Å². The predicted molar refractivity (Wildman–Crippen MR) is 154 cm³/mol. The number of anilines is 1. The van der Waals surface area contributed by atoms with E-state index < -0.39 is 0 Å². The van der Waals surface area contributed by atoms with Gasteiger partial charge in [0.15, 0.2) is 0 Å². The lowest BCUT2D eigenvalue weighted by Crippen LogP contribution is -2.34. The molecule has 0 radical (unpaired) electrons. The van der Waals surface area contributed by atoms with Gasteiger partial charge in [0.2, 0.25) is 0 Å². The van der Waals surface area contributed by atoms with Crippen LogP contribution in [0.3, 0.4) is 0 Å². The van der Waals surface area contributed by atoms with Crippen LogP contribution in [-0.2, 0) is 0 Å². The quantitative estimate of drug-likeness (QED) is 0.226. The van der Waals surface area contributed by atoms with E-state index in [0.29, 0.717) is 12.0 Å². The molecule has 2 unspecified atom stereocenters. The van der Waals surface area contributed by atoms with Crippen LogP contribution in [0.5, 0.6) is 0 Å². The molecule has 0 bridgehead atoms. The molecule has 5 rings (SSSR count). The standard InChI is InChI=1S/C33H30ClN/c1-24(35(2)32-21-18-27-10-4-6-12-30(27)23-32)33(28-16-19-31(34)20-17-28)13-7-8-25-14-15-26-9-3-5-11-29(26)22-25/h3-12,14-24,33H,13H2,1-2H3. The third kappa shape index (κ3) is 5.26. The van der Waals surface area contributed by atoms with Gasteiger partial charge in [-0.25, -0.2) is 0 Å². The molecule has 0 amide bonds. The van der Waals surface area contributed by atoms with E-state index in [0.717, 1.165) is 11.4 Å². The first kappa shape index (κ1) is 23.2. The number of allylic oxidation sites excluding steroid dienone is 1. The summed E-state index contributed by atoms with van der Waals surface area (Å²) >= 11 is 6.22. The molecule has 0 aromatic heterocycles. The maximum absolute atomic E-state index is 6.22. The van der Waals surface area contributed by atoms with Crippen LogP contribution in [0.15, 0.2) is 115 Å². The van der Waals surface area contributed by atoms with Crippen LogP contribution >= 0.6 is 11.6 Å². The third-order valence-electron chi connectivity index (χ3n) is 7.11. The molecule has 0 heterocycles. The summed E-state index contributed by atoms with van der Waals surface area (Å²) in [6, 6.07) is 39.0. The Hall–Kier alpha value is -3.55. The minimum atomic E-state index is 0.290. The van der Waals surface area contributed by atoms with Gasteiger partial charge in [-0.3, -0.25) is 0 Å². The second kappa shape index (κ2) is 10.4. The van der Waals surface area contributed by atoms with E-state index >= 15 is 0 Å². The van der Waals surface area contributed by atoms with Crippen LogP contribution in [0.4, 0.5) is 5.69 Å². The van der Waals surface area contributed by atoms with Crippen LogP contribution in [0.25, 0.3) is 27.6 Å². The van der Waals surface area contributed by atoms with Gasteiger partial charge < -0.3 is 4.90 Å². The van der Waals surface area contributed by atoms with Crippen molar-refractivity contribution in [2.24, 2.45) is 0 Å². The number of rotatable bonds is 7. The summed E-state index contributed by atoms with van der Waals surface area (Å²) in [6.07, 6.45) is 5.50. The Balaban J connectivity index is 1.41. The molecule has 174 valence electrons. The molecule has 35 heavy (non-hydrogen) atoms. The second-order valence-corrected chi connectivity index (χ2v) is 9.72. The molecule has 0 aliphatic heterocycles. The topological polar surface area (TPSA) is 3.24 Å². The van der Waals surface area contributed by atoms with Crippen LogP contribution < -0.4 is 4.90 Å². The zero-order chi connectivity index (χ0) is 24.2. The molecule has 1 nitrogen and oxygen atoms in total. The van der Waals surface area contributed by atoms with Gasteiger partial charge in [0.1, 0.15) is 0 Å². The van der Waals surface area contributed by atoms with Gasteiger partial charge in [-0.15, -0.1) is 0 Å². The maximum Gasteiger partial charge on any atom is 0.0406 e. The molecule has 2 heteroatoms. The molecule has 0 saturated heterocycles. The van der Waals surface area contributed by atoms with Gasteiger partial charge in [0.05, 0.1) is 0 Å². The first-order chi connectivity index (χ1) is 17.1. The molecule has 0 fully saturated rings. The molecule has 0 saturated carbocycles. The minimum absolute atomic E-state index is 0.290. The van der Waals surface area contributed by atoms with Crippen LogP contribution in [-0.4, -0.2) is 13.1 Å². The van der Waals surface area contributed by atoms with Crippen molar-refractivity contribution < 1.29 is 0 Å². The van der Waals surface area contributed by atoms with Gasteiger partial charge in [-0.1, -0.05) is 103 Å². The van der Waals surface area contributed by atoms with Gasteiger partial charge in [-0.2, -0.15) is 0 Å². The van der Waals surface area contributed by atoms with E-state index in [1.807, 2.05) is 12.1 Å². The Morgan fingerprint density at radius 3 is 2.00 bits per heavy atom. The SMILES string of the molecule is CC(C(CC=Cc1ccc2ccccc2c1)c1ccc(Cl)cc1)N(C)c1ccc2ccccc2c1. The zero-order valence-corrected chi connectivity index (χ0v) is 21.0. The molecule has 0 spiro atoms. The fourth-order valence-electron chi connectivity index (χ4n) is 4.88. The van der Waals surface area contributed by atoms with Crippen molar-refractivity contribution >= 4 is 44.9 Å². The van der Waals surface area contributed by atoms with Crippen molar-refractivity contribution in [1.82, 2.24) is 0 Å². The first-order valence-corrected chi connectivity index (χ1v) is 12.6. The Labute approximate surface area is 213 Å². The molecular formula is C33H30ClN. The van der Waals surface area contributed by atoms with Crippen molar-refractivity contribution in [1.29, 1.82) is 0 Å². The lowest BCUT2D eigenvalue weighted by molar-refractivity contribution is 0.548. The summed E-state index contributed by atoms with van der Waals surface area (Å²) in [6.45, 7) is 2.32. The first-order valence-electron chi connectivity index (χ1n) is 12.2. The van der Waals surface area contributed by atoms with E-state index in [1.165, 1.54) is 38.4 Å². The van der Waals surface area contributed by atoms with Gasteiger partial charge in [0.25, 0.3) is 0 Å². The van der Waals surface area contributed by atoms with Gasteiger partial charge in [0, 0.05) is 29.7 Å². The summed E-state index contributed by atoms with van der Waals surface area (Å²) < 4.78 is 0. The number of hydrogen-bond donors (Lipinski definition) is 0. The molecule has 5 aromatic rings. The zero-order valence-electron chi connectivity index (χ0n) is 20.2. The monoisotopic (exact) mass is 475 g/mol. The van der Waals surface area contributed by atoms with E-state index in [2.05, 4.69) is 128 Å². The predicted octanol–water partition coefficient (Wildman–Crippen LogP) is 9.36. The average Bonchev–Trinajstić information content (AvgIpc) is 2.90. The number of halogens is 1. The highest BCUT2D eigenvalue weighted by Gasteiger charge is 2.22. The summed E-state index contributed by atoms with van der Waals surface area (Å²) in [7, 11) is 2.20. The smallest absolute Gasteiger partial charge is 0.0406 e. The lowest BCUT2D eigenvalue weighted by Gasteiger charge is -2.34. The molecule has 5 aromatic carbocycles. The third-order valence-corrected chi connectivity index (χ3v) is 7.36. The molecular weight excluding hydrogens is 446 g/mol. The number of nitrogens with zero attached hydrogens (tertiary/aromatic N) is 1. The Morgan fingerprint density at radius 1 is 0.714 bits per heavy atom. The second-order valence-electron chi connectivity index (χ2n) is 9.29. The lowest BCUT2D eigenvalue weighted by atomic mass is 9.88. The van der Waals surface area contributed by atoms with E-state index in [1.54, 1.807) is 0 Å². The summed E-state index contributed by atoms with van der Waals surface area (Å²) in [5.41, 5.74) is 3.76. The molecule has 0 aliphatic carbocycles. The number of likely N-dealkylation sites (N-methyl/N-ethyl adjacent to an activating group) is 1. The molecule has 2 atom stereocenters. The molecule has 0 N–H and O–H groups in total. The van der Waals surface area contributed by atoms with Gasteiger partial charge in [-0.05, 0) is 76.3 Å². The summed E-state index contributed by atoms with van der Waals surface area (Å²) in [5, 5.41) is 5.85. The van der Waals surface area contributed by atoms with Crippen LogP contribution in [0.2, 0.25) is 5.02 Å². The van der Waals surface area contributed by atoms with Crippen molar-refractivity contribution in [3.05, 3.63) is 131 Å². The average molecular weight is 476 g/mol. The molecule has 0 aliphatic rings. The van der Waals surface area contributed by atoms with Gasteiger partial charge >= 0.3 is 0 Å². The fraction of sp³-hybridized carbons (Fsp3) is 0.152. The highest BCUT2D eigenvalue weighted by molar-refractivity contribution is 6.30. The number of fused-ring (bicyclic) bond motifs is 2. The maximum atomic E-state index is 6.22. The number of hydrogen-bond acceptors (Lipinski definition) is 1. The van der Waals surface area contributed by atoms with E-state index in [-0.39, 0.29) is 0 Å². The highest BCUT2D eigenvalue weighted by Crippen LogP contribution is 2.32. The van der Waals surface area contributed by atoms with Crippen molar-refractivity contribution in [2.45, 2.75) is 25.3 Å². The fourth-order valence-corrected chi connectivity index (χ4v) is 5.01. The van der Waals surface area contributed by atoms with Crippen molar-refractivity contribution in [3.8, 4) is 0 Å². The van der Waals surface area contributed by atoms with E-state index in [9.17, 15) is 0 Å². The Kier molecular flexibility index (Phi) is 6.88. The van der Waals surface area contributed by atoms with Crippen LogP contribution in [0.1, 0.15) is 30.4 Å². The highest BCUT2D eigenvalue weighted by atomic mass is 35.5. The number of benzene rings is 5. The minimum Gasteiger partial charge on any atom is -0.371 e.